The fourth-order valence-corrected chi connectivity index (χ4v) is 1.42. The van der Waals surface area contributed by atoms with Gasteiger partial charge in [-0.05, 0) is 19.8 Å². The third-order valence-corrected chi connectivity index (χ3v) is 2.33. The van der Waals surface area contributed by atoms with Gasteiger partial charge in [-0.3, -0.25) is 0 Å². The predicted molar refractivity (Wildman–Crippen MR) is 49.8 cm³/mol. The summed E-state index contributed by atoms with van der Waals surface area (Å²) in [4.78, 5) is 13.6. The molecular formula is C10H12N2O2. The first-order valence-corrected chi connectivity index (χ1v) is 4.82. The average molecular weight is 192 g/mol. The molecule has 4 nitrogen and oxygen atoms in total. The minimum Gasteiger partial charge on any atom is -0.361 e. The molecule has 0 radical (unpaired) electrons. The van der Waals surface area contributed by atoms with Crippen LogP contribution in [0.15, 0.2) is 15.6 Å². The lowest BCUT2D eigenvalue weighted by Crippen LogP contribution is -2.02. The maximum absolute atomic E-state index is 9.99. The molecule has 0 aromatic carbocycles. The van der Waals surface area contributed by atoms with Crippen LogP contribution in [0.3, 0.4) is 0 Å². The van der Waals surface area contributed by atoms with Crippen LogP contribution in [-0.2, 0) is 11.2 Å². The molecular weight excluding hydrogens is 180 g/mol. The van der Waals surface area contributed by atoms with Crippen LogP contribution in [-0.4, -0.2) is 17.3 Å². The molecule has 0 aliphatic heterocycles. The van der Waals surface area contributed by atoms with E-state index in [9.17, 15) is 4.79 Å². The topological polar surface area (TPSA) is 55.5 Å². The van der Waals surface area contributed by atoms with E-state index in [-0.39, 0.29) is 6.04 Å². The van der Waals surface area contributed by atoms with E-state index < -0.39 is 0 Å². The third-order valence-electron chi connectivity index (χ3n) is 2.33. The fourth-order valence-electron chi connectivity index (χ4n) is 1.42. The van der Waals surface area contributed by atoms with E-state index in [4.69, 9.17) is 4.52 Å². The van der Waals surface area contributed by atoms with Crippen LogP contribution in [0.1, 0.15) is 37.1 Å². The molecule has 1 fully saturated rings. The smallest absolute Gasteiger partial charge is 0.235 e. The predicted octanol–water partition coefficient (Wildman–Crippen LogP) is 1.82. The summed E-state index contributed by atoms with van der Waals surface area (Å²) >= 11 is 0. The quantitative estimate of drug-likeness (QED) is 0.540. The molecule has 0 N–H and O–H groups in total. The zero-order valence-corrected chi connectivity index (χ0v) is 8.06. The van der Waals surface area contributed by atoms with Gasteiger partial charge in [-0.2, -0.15) is 0 Å². The summed E-state index contributed by atoms with van der Waals surface area (Å²) in [5.74, 6) is 1.56. The number of nitrogens with zero attached hydrogens (tertiary/aromatic N) is 2. The standard InChI is InChI=1S/C10H12N2O2/c1-7(11-6-13)4-9-5-10(14-12-9)8-2-3-8/h5,7-8H,2-4H2,1H3. The summed E-state index contributed by atoms with van der Waals surface area (Å²) in [6, 6.07) is 1.90. The highest BCUT2D eigenvalue weighted by atomic mass is 16.5. The van der Waals surface area contributed by atoms with Crippen molar-refractivity contribution in [1.29, 1.82) is 0 Å². The maximum Gasteiger partial charge on any atom is 0.235 e. The van der Waals surface area contributed by atoms with Crippen molar-refractivity contribution >= 4 is 6.08 Å². The van der Waals surface area contributed by atoms with Crippen LogP contribution >= 0.6 is 0 Å². The maximum atomic E-state index is 9.99. The molecule has 1 aromatic heterocycles. The Morgan fingerprint density at radius 2 is 2.57 bits per heavy atom. The van der Waals surface area contributed by atoms with Gasteiger partial charge in [0.15, 0.2) is 0 Å². The first kappa shape index (κ1) is 9.16. The van der Waals surface area contributed by atoms with Crippen molar-refractivity contribution < 1.29 is 9.32 Å². The lowest BCUT2D eigenvalue weighted by molar-refractivity contribution is 0.377. The Labute approximate surface area is 82.0 Å². The minimum absolute atomic E-state index is 0.0651. The fraction of sp³-hybridized carbons (Fsp3) is 0.600. The molecule has 0 spiro atoms. The number of rotatable bonds is 4. The highest BCUT2D eigenvalue weighted by Crippen LogP contribution is 2.40. The molecule has 1 atom stereocenters. The molecule has 1 aromatic rings. The van der Waals surface area contributed by atoms with Crippen LogP contribution in [0.25, 0.3) is 0 Å². The molecule has 1 heterocycles. The van der Waals surface area contributed by atoms with E-state index in [1.165, 1.54) is 12.8 Å². The largest absolute Gasteiger partial charge is 0.361 e. The molecule has 1 aliphatic carbocycles. The number of aromatic nitrogens is 1. The molecule has 4 heteroatoms. The Morgan fingerprint density at radius 1 is 1.79 bits per heavy atom. The van der Waals surface area contributed by atoms with Crippen molar-refractivity contribution in [2.45, 2.75) is 38.1 Å². The number of hydrogen-bond acceptors (Lipinski definition) is 4. The zero-order chi connectivity index (χ0) is 9.97. The van der Waals surface area contributed by atoms with Crippen molar-refractivity contribution in [2.24, 2.45) is 4.99 Å². The molecule has 0 bridgehead atoms. The number of isocyanates is 1. The van der Waals surface area contributed by atoms with Gasteiger partial charge in [-0.1, -0.05) is 5.16 Å². The Kier molecular flexibility index (Phi) is 2.46. The molecule has 2 rings (SSSR count). The van der Waals surface area contributed by atoms with Gasteiger partial charge >= 0.3 is 0 Å². The van der Waals surface area contributed by atoms with E-state index in [0.29, 0.717) is 12.3 Å². The minimum atomic E-state index is -0.0651. The normalized spacial score (nSPS) is 17.5. The van der Waals surface area contributed by atoms with E-state index >= 15 is 0 Å². The highest BCUT2D eigenvalue weighted by Gasteiger charge is 2.27. The monoisotopic (exact) mass is 192 g/mol. The summed E-state index contributed by atoms with van der Waals surface area (Å²) in [5, 5.41) is 3.93. The van der Waals surface area contributed by atoms with Gasteiger partial charge in [-0.25, -0.2) is 9.79 Å². The third kappa shape index (κ3) is 2.09. The first-order valence-electron chi connectivity index (χ1n) is 4.82. The Balaban J connectivity index is 1.98. The van der Waals surface area contributed by atoms with Crippen molar-refractivity contribution in [3.63, 3.8) is 0 Å². The van der Waals surface area contributed by atoms with Gasteiger partial charge in [0, 0.05) is 18.4 Å². The molecule has 14 heavy (non-hydrogen) atoms. The highest BCUT2D eigenvalue weighted by molar-refractivity contribution is 5.33. The summed E-state index contributed by atoms with van der Waals surface area (Å²) in [7, 11) is 0. The van der Waals surface area contributed by atoms with E-state index in [1.54, 1.807) is 6.08 Å². The molecule has 1 unspecified atom stereocenters. The number of hydrogen-bond donors (Lipinski definition) is 0. The average Bonchev–Trinajstić information content (AvgIpc) is 2.89. The first-order chi connectivity index (χ1) is 6.79. The van der Waals surface area contributed by atoms with E-state index in [0.717, 1.165) is 11.5 Å². The summed E-state index contributed by atoms with van der Waals surface area (Å²) in [6.07, 6.45) is 4.60. The van der Waals surface area contributed by atoms with E-state index in [1.807, 2.05) is 13.0 Å². The van der Waals surface area contributed by atoms with Crippen molar-refractivity contribution in [3.8, 4) is 0 Å². The lowest BCUT2D eigenvalue weighted by Gasteiger charge is -1.97. The van der Waals surface area contributed by atoms with Crippen LogP contribution in [0.4, 0.5) is 0 Å². The van der Waals surface area contributed by atoms with Gasteiger partial charge < -0.3 is 4.52 Å². The second-order valence-corrected chi connectivity index (χ2v) is 3.77. The van der Waals surface area contributed by atoms with Crippen molar-refractivity contribution in [2.75, 3.05) is 0 Å². The zero-order valence-electron chi connectivity index (χ0n) is 8.06. The van der Waals surface area contributed by atoms with E-state index in [2.05, 4.69) is 10.1 Å². The van der Waals surface area contributed by atoms with Crippen molar-refractivity contribution in [3.05, 3.63) is 17.5 Å². The van der Waals surface area contributed by atoms with Gasteiger partial charge in [0.05, 0.1) is 11.7 Å². The summed E-state index contributed by atoms with van der Waals surface area (Å²) < 4.78 is 5.18. The summed E-state index contributed by atoms with van der Waals surface area (Å²) in [5.41, 5.74) is 0.874. The van der Waals surface area contributed by atoms with Crippen LogP contribution in [0, 0.1) is 0 Å². The SMILES string of the molecule is CC(Cc1cc(C2CC2)on1)N=C=O. The molecule has 74 valence electrons. The van der Waals surface area contributed by atoms with Gasteiger partial charge in [0.2, 0.25) is 6.08 Å². The number of aliphatic imine (C=N–C) groups is 1. The Hall–Kier alpha value is -1.41. The second-order valence-electron chi connectivity index (χ2n) is 3.77. The van der Waals surface area contributed by atoms with Gasteiger partial charge in [-0.15, -0.1) is 0 Å². The Bertz CT molecular complexity index is 362. The van der Waals surface area contributed by atoms with Gasteiger partial charge in [0.1, 0.15) is 5.76 Å². The second kappa shape index (κ2) is 3.76. The van der Waals surface area contributed by atoms with Crippen LogP contribution < -0.4 is 0 Å². The van der Waals surface area contributed by atoms with Crippen molar-refractivity contribution in [1.82, 2.24) is 5.16 Å². The van der Waals surface area contributed by atoms with Crippen LogP contribution in [0.2, 0.25) is 0 Å². The molecule has 1 saturated carbocycles. The molecule has 1 aliphatic rings. The Morgan fingerprint density at radius 3 is 3.21 bits per heavy atom. The summed E-state index contributed by atoms with van der Waals surface area (Å²) in [6.45, 7) is 1.86. The van der Waals surface area contributed by atoms with Gasteiger partial charge in [0.25, 0.3) is 0 Å². The van der Waals surface area contributed by atoms with Crippen LogP contribution in [0.5, 0.6) is 0 Å². The molecule has 0 amide bonds. The molecule has 0 saturated heterocycles. The number of carbonyl (C=O) groups excluding carboxylic acids is 1. The lowest BCUT2D eigenvalue weighted by atomic mass is 10.2.